The number of nitrogens with zero attached hydrogens (tertiary/aromatic N) is 3. The molecule has 1 atom stereocenters. The van der Waals surface area contributed by atoms with Crippen LogP contribution in [-0.2, 0) is 15.7 Å². The van der Waals surface area contributed by atoms with Crippen LogP contribution in [0.5, 0.6) is 0 Å². The van der Waals surface area contributed by atoms with E-state index in [0.29, 0.717) is 5.56 Å². The Bertz CT molecular complexity index is 836. The molecule has 0 aliphatic rings. The number of hydrogen-bond donors (Lipinski definition) is 0. The minimum atomic E-state index is -4.74. The lowest BCUT2D eigenvalue weighted by Gasteiger charge is -2.16. The first-order chi connectivity index (χ1) is 12.3. The number of aromatic nitrogens is 2. The highest BCUT2D eigenvalue weighted by molar-refractivity contribution is 8.00. The number of rotatable bonds is 5. The molecule has 0 aromatic carbocycles. The van der Waals surface area contributed by atoms with Gasteiger partial charge in [0.1, 0.15) is 16.3 Å². The van der Waals surface area contributed by atoms with Gasteiger partial charge in [0.25, 0.3) is 0 Å². The van der Waals surface area contributed by atoms with Crippen molar-refractivity contribution in [2.45, 2.75) is 30.3 Å². The number of carbonyl (C=O) groups is 1. The van der Waals surface area contributed by atoms with Gasteiger partial charge >= 0.3 is 12.1 Å². The number of hydrogen-bond acceptors (Lipinski definition) is 6. The van der Waals surface area contributed by atoms with Gasteiger partial charge in [-0.1, -0.05) is 11.8 Å². The van der Waals surface area contributed by atoms with Crippen molar-refractivity contribution < 1.29 is 22.7 Å². The molecule has 5 nitrogen and oxygen atoms in total. The molecule has 0 saturated heterocycles. The van der Waals surface area contributed by atoms with Gasteiger partial charge < -0.3 is 4.74 Å². The lowest BCUT2D eigenvalue weighted by molar-refractivity contribution is -0.142. The summed E-state index contributed by atoms with van der Waals surface area (Å²) in [5.41, 5.74) is -1.25. The molecule has 0 bridgehead atoms. The second-order valence-electron chi connectivity index (χ2n) is 5.09. The molecule has 0 saturated carbocycles. The Kier molecular flexibility index (Phi) is 6.21. The van der Waals surface area contributed by atoms with Crippen LogP contribution in [0.15, 0.2) is 35.6 Å². The normalized spacial score (nSPS) is 12.3. The number of pyridine rings is 2. The molecule has 0 N–H and O–H groups in total. The summed E-state index contributed by atoms with van der Waals surface area (Å²) in [6, 6.07) is 5.41. The first-order valence-corrected chi connectivity index (χ1v) is 8.42. The molecule has 2 rings (SSSR count). The van der Waals surface area contributed by atoms with Crippen molar-refractivity contribution in [3.8, 4) is 17.3 Å². The van der Waals surface area contributed by atoms with E-state index >= 15 is 0 Å². The summed E-state index contributed by atoms with van der Waals surface area (Å²) in [5.74, 6) is -0.592. The predicted molar refractivity (Wildman–Crippen MR) is 89.1 cm³/mol. The van der Waals surface area contributed by atoms with E-state index < -0.39 is 28.5 Å². The molecule has 26 heavy (non-hydrogen) atoms. The molecular weight excluding hydrogens is 367 g/mol. The average Bonchev–Trinajstić information content (AvgIpc) is 2.61. The maximum atomic E-state index is 13.4. The van der Waals surface area contributed by atoms with Gasteiger partial charge in [0.15, 0.2) is 0 Å². The summed E-state index contributed by atoms with van der Waals surface area (Å²) in [7, 11) is 0. The number of carbonyl (C=O) groups excluding carboxylic acids is 1. The molecule has 9 heteroatoms. The van der Waals surface area contributed by atoms with Crippen LogP contribution in [0.1, 0.15) is 25.0 Å². The number of esters is 1. The van der Waals surface area contributed by atoms with E-state index in [2.05, 4.69) is 9.97 Å². The molecular formula is C17H14F3N3O2S. The number of halogens is 3. The van der Waals surface area contributed by atoms with E-state index in [9.17, 15) is 23.2 Å². The van der Waals surface area contributed by atoms with Crippen molar-refractivity contribution >= 4 is 17.7 Å². The first kappa shape index (κ1) is 19.7. The molecule has 1 unspecified atom stereocenters. The zero-order valence-corrected chi connectivity index (χ0v) is 14.7. The fraction of sp³-hybridized carbons (Fsp3) is 0.294. The summed E-state index contributed by atoms with van der Waals surface area (Å²) in [4.78, 5) is 19.8. The third-order valence-corrected chi connectivity index (χ3v) is 4.35. The second-order valence-corrected chi connectivity index (χ2v) is 6.42. The van der Waals surface area contributed by atoms with Crippen LogP contribution in [0.25, 0.3) is 11.3 Å². The second kappa shape index (κ2) is 8.19. The van der Waals surface area contributed by atoms with Gasteiger partial charge in [0.2, 0.25) is 0 Å². The van der Waals surface area contributed by atoms with Crippen LogP contribution in [-0.4, -0.2) is 27.8 Å². The zero-order chi connectivity index (χ0) is 19.3. The van der Waals surface area contributed by atoms with Crippen LogP contribution < -0.4 is 0 Å². The van der Waals surface area contributed by atoms with Crippen molar-refractivity contribution in [2.75, 3.05) is 6.61 Å². The largest absolute Gasteiger partial charge is 0.465 e. The Balaban J connectivity index is 2.58. The molecule has 0 aliphatic carbocycles. The quantitative estimate of drug-likeness (QED) is 0.574. The number of alkyl halides is 3. The lowest BCUT2D eigenvalue weighted by atomic mass is 10.1. The fourth-order valence-electron chi connectivity index (χ4n) is 2.08. The van der Waals surface area contributed by atoms with Crippen molar-refractivity contribution in [2.24, 2.45) is 0 Å². The van der Waals surface area contributed by atoms with Crippen LogP contribution >= 0.6 is 11.8 Å². The summed E-state index contributed by atoms with van der Waals surface area (Å²) in [6.45, 7) is 3.26. The predicted octanol–water partition coefficient (Wildman–Crippen LogP) is 4.08. The molecule has 0 aliphatic heterocycles. The summed E-state index contributed by atoms with van der Waals surface area (Å²) >= 11 is 0.758. The van der Waals surface area contributed by atoms with Crippen molar-refractivity contribution in [1.82, 2.24) is 9.97 Å². The van der Waals surface area contributed by atoms with Crippen LogP contribution in [0, 0.1) is 11.3 Å². The standard InChI is InChI=1S/C17H14F3N3O2S/c1-3-25-16(24)10(2)26-15-12(9-21)13(17(18,19)20)8-14(23-15)11-4-6-22-7-5-11/h4-8,10H,3H2,1-2H3. The molecule has 136 valence electrons. The summed E-state index contributed by atoms with van der Waals surface area (Å²) in [6.07, 6.45) is -1.88. The topological polar surface area (TPSA) is 75.9 Å². The Morgan fingerprint density at radius 2 is 2.04 bits per heavy atom. The van der Waals surface area contributed by atoms with E-state index in [-0.39, 0.29) is 17.3 Å². The SMILES string of the molecule is CCOC(=O)C(C)Sc1nc(-c2ccncc2)cc(C(F)(F)F)c1C#N. The Morgan fingerprint density at radius 3 is 2.58 bits per heavy atom. The van der Waals surface area contributed by atoms with E-state index in [4.69, 9.17) is 4.74 Å². The molecule has 0 fully saturated rings. The zero-order valence-electron chi connectivity index (χ0n) is 13.9. The van der Waals surface area contributed by atoms with E-state index in [1.54, 1.807) is 13.0 Å². The average molecular weight is 381 g/mol. The van der Waals surface area contributed by atoms with Gasteiger partial charge in [0.05, 0.1) is 23.4 Å². The molecule has 2 heterocycles. The minimum absolute atomic E-state index is 0.0392. The summed E-state index contributed by atoms with van der Waals surface area (Å²) < 4.78 is 45.2. The Hall–Kier alpha value is -2.60. The first-order valence-electron chi connectivity index (χ1n) is 7.54. The maximum Gasteiger partial charge on any atom is 0.417 e. The third kappa shape index (κ3) is 4.52. The van der Waals surface area contributed by atoms with Crippen LogP contribution in [0.4, 0.5) is 13.2 Å². The number of thioether (sulfide) groups is 1. The highest BCUT2D eigenvalue weighted by Crippen LogP contribution is 2.38. The minimum Gasteiger partial charge on any atom is -0.465 e. The van der Waals surface area contributed by atoms with E-state index in [1.165, 1.54) is 31.5 Å². The van der Waals surface area contributed by atoms with E-state index in [0.717, 1.165) is 17.8 Å². The Morgan fingerprint density at radius 1 is 1.38 bits per heavy atom. The van der Waals surface area contributed by atoms with Crippen molar-refractivity contribution in [1.29, 1.82) is 5.26 Å². The van der Waals surface area contributed by atoms with E-state index in [1.807, 2.05) is 0 Å². The Labute approximate surface area is 152 Å². The number of nitriles is 1. The molecule has 0 spiro atoms. The molecule has 0 radical (unpaired) electrons. The van der Waals surface area contributed by atoms with Gasteiger partial charge in [-0.25, -0.2) is 4.98 Å². The van der Waals surface area contributed by atoms with Gasteiger partial charge in [-0.15, -0.1) is 0 Å². The maximum absolute atomic E-state index is 13.4. The number of ether oxygens (including phenoxy) is 1. The highest BCUT2D eigenvalue weighted by atomic mass is 32.2. The lowest BCUT2D eigenvalue weighted by Crippen LogP contribution is -2.18. The van der Waals surface area contributed by atoms with Gasteiger partial charge in [-0.05, 0) is 32.0 Å². The molecule has 0 amide bonds. The smallest absolute Gasteiger partial charge is 0.417 e. The summed E-state index contributed by atoms with van der Waals surface area (Å²) in [5, 5.41) is 8.26. The monoisotopic (exact) mass is 381 g/mol. The van der Waals surface area contributed by atoms with Gasteiger partial charge in [-0.2, -0.15) is 18.4 Å². The van der Waals surface area contributed by atoms with Crippen molar-refractivity contribution in [3.05, 3.63) is 41.7 Å². The molecule has 2 aromatic heterocycles. The van der Waals surface area contributed by atoms with Crippen LogP contribution in [0.3, 0.4) is 0 Å². The third-order valence-electron chi connectivity index (χ3n) is 3.29. The molecule has 2 aromatic rings. The fourth-order valence-corrected chi connectivity index (χ4v) is 3.01. The van der Waals surface area contributed by atoms with Gasteiger partial charge in [-0.3, -0.25) is 9.78 Å². The van der Waals surface area contributed by atoms with Gasteiger partial charge in [0, 0.05) is 18.0 Å². The van der Waals surface area contributed by atoms with Crippen molar-refractivity contribution in [3.63, 3.8) is 0 Å². The van der Waals surface area contributed by atoms with Crippen LogP contribution in [0.2, 0.25) is 0 Å². The highest BCUT2D eigenvalue weighted by Gasteiger charge is 2.36.